The second-order valence-corrected chi connectivity index (χ2v) is 4.32. The second-order valence-electron chi connectivity index (χ2n) is 3.47. The Bertz CT molecular complexity index is 494. The summed E-state index contributed by atoms with van der Waals surface area (Å²) in [5, 5.41) is 0. The van der Waals surface area contributed by atoms with Crippen molar-refractivity contribution < 1.29 is 9.13 Å². The third kappa shape index (κ3) is 2.42. The van der Waals surface area contributed by atoms with E-state index in [-0.39, 0.29) is 11.6 Å². The summed E-state index contributed by atoms with van der Waals surface area (Å²) < 4.78 is 19.4. The zero-order valence-electron chi connectivity index (χ0n) is 8.71. The number of halogens is 2. The van der Waals surface area contributed by atoms with Gasteiger partial charge in [-0.1, -0.05) is 23.8 Å². The van der Waals surface area contributed by atoms with Gasteiger partial charge in [0.05, 0.1) is 4.47 Å². The van der Waals surface area contributed by atoms with Gasteiger partial charge in [0, 0.05) is 0 Å². The summed E-state index contributed by atoms with van der Waals surface area (Å²) in [6, 6.07) is 12.4. The van der Waals surface area contributed by atoms with Crippen LogP contribution in [-0.2, 0) is 0 Å². The Hall–Kier alpha value is -1.35. The molecule has 82 valence electrons. The van der Waals surface area contributed by atoms with Gasteiger partial charge >= 0.3 is 0 Å². The van der Waals surface area contributed by atoms with Crippen molar-refractivity contribution in [1.82, 2.24) is 0 Å². The third-order valence-electron chi connectivity index (χ3n) is 2.16. The molecule has 0 bridgehead atoms. The molecule has 0 spiro atoms. The lowest BCUT2D eigenvalue weighted by molar-refractivity contribution is 0.440. The molecule has 0 aromatic heterocycles. The minimum absolute atomic E-state index is 0.221. The number of aryl methyl sites for hydroxylation is 1. The van der Waals surface area contributed by atoms with Crippen molar-refractivity contribution >= 4 is 15.9 Å². The van der Waals surface area contributed by atoms with E-state index < -0.39 is 0 Å². The molecule has 0 aliphatic carbocycles. The van der Waals surface area contributed by atoms with E-state index in [4.69, 9.17) is 4.74 Å². The molecule has 0 aliphatic rings. The molecule has 0 unspecified atom stereocenters. The van der Waals surface area contributed by atoms with E-state index in [0.717, 1.165) is 5.56 Å². The Labute approximate surface area is 102 Å². The minimum Gasteiger partial charge on any atom is -0.454 e. The van der Waals surface area contributed by atoms with Crippen molar-refractivity contribution in [2.45, 2.75) is 6.92 Å². The average Bonchev–Trinajstić information content (AvgIpc) is 2.28. The Morgan fingerprint density at radius 1 is 1.06 bits per heavy atom. The molecule has 1 nitrogen and oxygen atoms in total. The number of rotatable bonds is 2. The Kier molecular flexibility index (Phi) is 3.25. The van der Waals surface area contributed by atoms with Crippen LogP contribution in [0.15, 0.2) is 46.9 Å². The first-order valence-electron chi connectivity index (χ1n) is 4.85. The van der Waals surface area contributed by atoms with Crippen molar-refractivity contribution in [2.75, 3.05) is 0 Å². The Morgan fingerprint density at radius 3 is 2.44 bits per heavy atom. The van der Waals surface area contributed by atoms with E-state index in [0.29, 0.717) is 10.2 Å². The zero-order chi connectivity index (χ0) is 11.5. The first kappa shape index (κ1) is 11.1. The van der Waals surface area contributed by atoms with E-state index >= 15 is 0 Å². The van der Waals surface area contributed by atoms with Crippen molar-refractivity contribution in [3.05, 3.63) is 58.3 Å². The van der Waals surface area contributed by atoms with E-state index in [1.165, 1.54) is 0 Å². The highest BCUT2D eigenvalue weighted by Crippen LogP contribution is 2.28. The van der Waals surface area contributed by atoms with Crippen LogP contribution in [0.5, 0.6) is 11.5 Å². The highest BCUT2D eigenvalue weighted by molar-refractivity contribution is 9.10. The molecule has 2 aromatic rings. The lowest BCUT2D eigenvalue weighted by Gasteiger charge is -2.07. The quantitative estimate of drug-likeness (QED) is 0.776. The first-order chi connectivity index (χ1) is 7.66. The van der Waals surface area contributed by atoms with Crippen LogP contribution in [0.3, 0.4) is 0 Å². The molecule has 0 N–H and O–H groups in total. The predicted molar refractivity (Wildman–Crippen MR) is 65.4 cm³/mol. The van der Waals surface area contributed by atoms with Crippen LogP contribution in [0.1, 0.15) is 5.56 Å². The number of hydrogen-bond acceptors (Lipinski definition) is 1. The van der Waals surface area contributed by atoms with Gasteiger partial charge < -0.3 is 4.74 Å². The fraction of sp³-hybridized carbons (Fsp3) is 0.0769. The van der Waals surface area contributed by atoms with Crippen LogP contribution in [0.2, 0.25) is 0 Å². The lowest BCUT2D eigenvalue weighted by Crippen LogP contribution is -1.88. The number of ether oxygens (including phenoxy) is 1. The van der Waals surface area contributed by atoms with Gasteiger partial charge in [-0.3, -0.25) is 0 Å². The van der Waals surface area contributed by atoms with Crippen LogP contribution in [0.4, 0.5) is 4.39 Å². The standard InChI is InChI=1S/C13H10BrFO/c1-9-5-7-10(8-6-9)16-12-4-2-3-11(14)13(12)15/h2-8H,1H3. The van der Waals surface area contributed by atoms with Crippen molar-refractivity contribution in [3.63, 3.8) is 0 Å². The molecule has 2 rings (SSSR count). The molecule has 0 saturated carbocycles. The molecular formula is C13H10BrFO. The highest BCUT2D eigenvalue weighted by atomic mass is 79.9. The molecule has 16 heavy (non-hydrogen) atoms. The molecule has 0 atom stereocenters. The van der Waals surface area contributed by atoms with Crippen LogP contribution in [-0.4, -0.2) is 0 Å². The van der Waals surface area contributed by atoms with Gasteiger partial charge in [0.1, 0.15) is 5.75 Å². The summed E-state index contributed by atoms with van der Waals surface area (Å²) >= 11 is 3.12. The van der Waals surface area contributed by atoms with Gasteiger partial charge in [-0.15, -0.1) is 0 Å². The lowest BCUT2D eigenvalue weighted by atomic mass is 10.2. The van der Waals surface area contributed by atoms with Crippen molar-refractivity contribution in [3.8, 4) is 11.5 Å². The summed E-state index contributed by atoms with van der Waals surface area (Å²) in [6.07, 6.45) is 0. The zero-order valence-corrected chi connectivity index (χ0v) is 10.3. The normalized spacial score (nSPS) is 10.2. The van der Waals surface area contributed by atoms with E-state index in [1.807, 2.05) is 31.2 Å². The molecule has 0 heterocycles. The fourth-order valence-electron chi connectivity index (χ4n) is 1.30. The second kappa shape index (κ2) is 4.66. The summed E-state index contributed by atoms with van der Waals surface area (Å²) in [5.74, 6) is 0.462. The van der Waals surface area contributed by atoms with Gasteiger partial charge in [0.2, 0.25) is 0 Å². The maximum atomic E-state index is 13.6. The van der Waals surface area contributed by atoms with Crippen LogP contribution in [0.25, 0.3) is 0 Å². The fourth-order valence-corrected chi connectivity index (χ4v) is 1.64. The van der Waals surface area contributed by atoms with E-state index in [1.54, 1.807) is 18.2 Å². The molecule has 2 aromatic carbocycles. The summed E-state index contributed by atoms with van der Waals surface area (Å²) in [5.41, 5.74) is 1.14. The first-order valence-corrected chi connectivity index (χ1v) is 5.64. The number of benzene rings is 2. The average molecular weight is 281 g/mol. The smallest absolute Gasteiger partial charge is 0.179 e. The van der Waals surface area contributed by atoms with Crippen LogP contribution < -0.4 is 4.74 Å². The Balaban J connectivity index is 2.27. The topological polar surface area (TPSA) is 9.23 Å². The van der Waals surface area contributed by atoms with Crippen molar-refractivity contribution in [2.24, 2.45) is 0 Å². The molecular weight excluding hydrogens is 271 g/mol. The molecule has 0 radical (unpaired) electrons. The van der Waals surface area contributed by atoms with Gasteiger partial charge in [0.25, 0.3) is 0 Å². The van der Waals surface area contributed by atoms with E-state index in [2.05, 4.69) is 15.9 Å². The van der Waals surface area contributed by atoms with Crippen molar-refractivity contribution in [1.29, 1.82) is 0 Å². The molecule has 0 amide bonds. The molecule has 0 aliphatic heterocycles. The summed E-state index contributed by atoms with van der Waals surface area (Å²) in [7, 11) is 0. The van der Waals surface area contributed by atoms with Gasteiger partial charge in [-0.2, -0.15) is 0 Å². The van der Waals surface area contributed by atoms with Gasteiger partial charge in [-0.25, -0.2) is 4.39 Å². The number of hydrogen-bond donors (Lipinski definition) is 0. The van der Waals surface area contributed by atoms with Gasteiger partial charge in [0.15, 0.2) is 11.6 Å². The maximum Gasteiger partial charge on any atom is 0.179 e. The minimum atomic E-state index is -0.386. The molecule has 0 saturated heterocycles. The highest BCUT2D eigenvalue weighted by Gasteiger charge is 2.07. The maximum absolute atomic E-state index is 13.6. The molecule has 0 fully saturated rings. The summed E-state index contributed by atoms with van der Waals surface area (Å²) in [4.78, 5) is 0. The van der Waals surface area contributed by atoms with E-state index in [9.17, 15) is 4.39 Å². The summed E-state index contributed by atoms with van der Waals surface area (Å²) in [6.45, 7) is 1.99. The third-order valence-corrected chi connectivity index (χ3v) is 2.78. The monoisotopic (exact) mass is 280 g/mol. The van der Waals surface area contributed by atoms with Crippen LogP contribution in [0, 0.1) is 12.7 Å². The van der Waals surface area contributed by atoms with Crippen LogP contribution >= 0.6 is 15.9 Å². The molecule has 3 heteroatoms. The van der Waals surface area contributed by atoms with Gasteiger partial charge in [-0.05, 0) is 47.1 Å². The largest absolute Gasteiger partial charge is 0.454 e. The SMILES string of the molecule is Cc1ccc(Oc2cccc(Br)c2F)cc1. The Morgan fingerprint density at radius 2 is 1.75 bits per heavy atom. The predicted octanol–water partition coefficient (Wildman–Crippen LogP) is 4.69.